The van der Waals surface area contributed by atoms with E-state index >= 15 is 0 Å². The zero-order valence-corrected chi connectivity index (χ0v) is 15.2. The quantitative estimate of drug-likeness (QED) is 0.482. The Morgan fingerprint density at radius 1 is 0.862 bits per heavy atom. The largest absolute Gasteiger partial charge is 0.417 e. The third-order valence-corrected chi connectivity index (χ3v) is 4.73. The Morgan fingerprint density at radius 3 is 1.97 bits per heavy atom. The molecule has 144 valence electrons. The molecule has 0 spiro atoms. The summed E-state index contributed by atoms with van der Waals surface area (Å²) in [5.74, 6) is 0. The Hall–Kier alpha value is -3.79. The molecule has 4 rings (SSSR count). The van der Waals surface area contributed by atoms with E-state index in [0.29, 0.717) is 16.7 Å². The number of benzene rings is 3. The van der Waals surface area contributed by atoms with Crippen LogP contribution < -0.4 is 5.69 Å². The minimum Gasteiger partial charge on any atom is -0.260 e. The molecule has 0 amide bonds. The third-order valence-electron chi connectivity index (χ3n) is 4.73. The minimum absolute atomic E-state index is 0.0448. The fourth-order valence-electron chi connectivity index (χ4n) is 3.34. The number of nitrogens with zero attached hydrogens (tertiary/aromatic N) is 3. The highest BCUT2D eigenvalue weighted by Gasteiger charge is 2.34. The first-order valence-corrected chi connectivity index (χ1v) is 8.72. The molecule has 4 aromatic rings. The normalized spacial score (nSPS) is 11.6. The van der Waals surface area contributed by atoms with Crippen molar-refractivity contribution in [1.82, 2.24) is 9.13 Å². The van der Waals surface area contributed by atoms with E-state index in [-0.39, 0.29) is 5.69 Å². The van der Waals surface area contributed by atoms with Crippen LogP contribution in [-0.2, 0) is 6.18 Å². The van der Waals surface area contributed by atoms with Gasteiger partial charge < -0.3 is 0 Å². The van der Waals surface area contributed by atoms with E-state index in [1.807, 2.05) is 19.1 Å². The second kappa shape index (κ2) is 6.67. The lowest BCUT2D eigenvalue weighted by atomic mass is 10.1. The molecule has 0 aliphatic carbocycles. The van der Waals surface area contributed by atoms with E-state index in [0.717, 1.165) is 17.7 Å². The van der Waals surface area contributed by atoms with Crippen LogP contribution in [0, 0.1) is 18.3 Å². The van der Waals surface area contributed by atoms with Crippen LogP contribution in [0.25, 0.3) is 22.4 Å². The molecule has 0 unspecified atom stereocenters. The molecule has 0 bridgehead atoms. The average Bonchev–Trinajstić information content (AvgIpc) is 2.99. The highest BCUT2D eigenvalue weighted by atomic mass is 19.4. The molecular weight excluding hydrogens is 379 g/mol. The maximum atomic E-state index is 13.4. The number of imidazole rings is 1. The van der Waals surface area contributed by atoms with Crippen molar-refractivity contribution in [3.63, 3.8) is 0 Å². The van der Waals surface area contributed by atoms with Gasteiger partial charge >= 0.3 is 11.9 Å². The molecule has 0 fully saturated rings. The van der Waals surface area contributed by atoms with Gasteiger partial charge in [0, 0.05) is 0 Å². The van der Waals surface area contributed by atoms with Gasteiger partial charge in [-0.25, -0.2) is 4.79 Å². The monoisotopic (exact) mass is 393 g/mol. The molecule has 0 aliphatic heterocycles. The number of fused-ring (bicyclic) bond motifs is 1. The molecule has 0 saturated heterocycles. The Morgan fingerprint density at radius 2 is 1.41 bits per heavy atom. The van der Waals surface area contributed by atoms with E-state index in [2.05, 4.69) is 0 Å². The number of halogens is 3. The van der Waals surface area contributed by atoms with Crippen molar-refractivity contribution in [2.45, 2.75) is 13.1 Å². The first-order valence-electron chi connectivity index (χ1n) is 8.72. The van der Waals surface area contributed by atoms with Gasteiger partial charge in [-0.1, -0.05) is 29.8 Å². The van der Waals surface area contributed by atoms with Gasteiger partial charge in [-0.05, 0) is 49.4 Å². The zero-order chi connectivity index (χ0) is 20.8. The van der Waals surface area contributed by atoms with Gasteiger partial charge in [-0.2, -0.15) is 18.4 Å². The van der Waals surface area contributed by atoms with E-state index in [4.69, 9.17) is 5.26 Å². The smallest absolute Gasteiger partial charge is 0.260 e. The van der Waals surface area contributed by atoms with Gasteiger partial charge in [-0.3, -0.25) is 9.13 Å². The van der Waals surface area contributed by atoms with Gasteiger partial charge in [0.1, 0.15) is 0 Å². The number of hydrogen-bond donors (Lipinski definition) is 0. The molecule has 0 radical (unpaired) electrons. The summed E-state index contributed by atoms with van der Waals surface area (Å²) in [6.45, 7) is 1.92. The number of rotatable bonds is 2. The molecule has 4 nitrogen and oxygen atoms in total. The van der Waals surface area contributed by atoms with Gasteiger partial charge in [0.05, 0.1) is 39.6 Å². The number of aryl methyl sites for hydroxylation is 1. The molecule has 0 saturated carbocycles. The fraction of sp³-hybridized carbons (Fsp3) is 0.0909. The molecule has 29 heavy (non-hydrogen) atoms. The molecule has 0 aliphatic rings. The van der Waals surface area contributed by atoms with Gasteiger partial charge in [0.15, 0.2) is 0 Å². The van der Waals surface area contributed by atoms with Crippen molar-refractivity contribution in [1.29, 1.82) is 5.26 Å². The Kier molecular flexibility index (Phi) is 4.27. The number of nitriles is 1. The second-order valence-corrected chi connectivity index (χ2v) is 6.62. The average molecular weight is 393 g/mol. The Balaban J connectivity index is 2.04. The van der Waals surface area contributed by atoms with E-state index in [1.165, 1.54) is 15.2 Å². The van der Waals surface area contributed by atoms with Gasteiger partial charge in [0.2, 0.25) is 0 Å². The molecule has 1 aromatic heterocycles. The lowest BCUT2D eigenvalue weighted by Gasteiger charge is -2.11. The first-order chi connectivity index (χ1) is 13.8. The van der Waals surface area contributed by atoms with Crippen molar-refractivity contribution in [2.75, 3.05) is 0 Å². The van der Waals surface area contributed by atoms with Gasteiger partial charge in [-0.15, -0.1) is 0 Å². The van der Waals surface area contributed by atoms with Crippen LogP contribution in [0.5, 0.6) is 0 Å². The third kappa shape index (κ3) is 3.09. The van der Waals surface area contributed by atoms with E-state index in [9.17, 15) is 18.0 Å². The summed E-state index contributed by atoms with van der Waals surface area (Å²) in [6, 6.07) is 19.0. The maximum absolute atomic E-state index is 13.4. The predicted octanol–water partition coefficient (Wildman–Crippen LogP) is 4.98. The van der Waals surface area contributed by atoms with Crippen molar-refractivity contribution < 1.29 is 13.2 Å². The van der Waals surface area contributed by atoms with Crippen molar-refractivity contribution in [2.24, 2.45) is 0 Å². The molecular formula is C22H14F3N3O. The van der Waals surface area contributed by atoms with E-state index < -0.39 is 23.0 Å². The Bertz CT molecular complexity index is 1320. The van der Waals surface area contributed by atoms with E-state index in [1.54, 1.807) is 42.5 Å². The summed E-state index contributed by atoms with van der Waals surface area (Å²) in [5.41, 5.74) is 0.660. The number of alkyl halides is 3. The number of hydrogen-bond acceptors (Lipinski definition) is 2. The second-order valence-electron chi connectivity index (χ2n) is 6.62. The number of para-hydroxylation sites is 2. The van der Waals surface area contributed by atoms with Crippen LogP contribution in [0.2, 0.25) is 0 Å². The van der Waals surface area contributed by atoms with Crippen LogP contribution in [-0.4, -0.2) is 9.13 Å². The lowest BCUT2D eigenvalue weighted by molar-refractivity contribution is -0.137. The predicted molar refractivity (Wildman–Crippen MR) is 103 cm³/mol. The zero-order valence-electron chi connectivity index (χ0n) is 15.2. The maximum Gasteiger partial charge on any atom is 0.417 e. The lowest BCUT2D eigenvalue weighted by Crippen LogP contribution is -2.22. The molecule has 7 heteroatoms. The van der Waals surface area contributed by atoms with Crippen molar-refractivity contribution in [3.05, 3.63) is 93.9 Å². The summed E-state index contributed by atoms with van der Waals surface area (Å²) >= 11 is 0. The summed E-state index contributed by atoms with van der Waals surface area (Å²) < 4.78 is 42.9. The molecule has 3 aromatic carbocycles. The summed E-state index contributed by atoms with van der Waals surface area (Å²) in [7, 11) is 0. The Labute approximate surface area is 163 Å². The highest BCUT2D eigenvalue weighted by molar-refractivity contribution is 5.80. The summed E-state index contributed by atoms with van der Waals surface area (Å²) in [5, 5.41) is 9.02. The SMILES string of the molecule is Cc1ccc(-n2c(=O)n(-c3ccc(C#N)c(C(F)(F)F)c3)c3ccccc32)cc1. The van der Waals surface area contributed by atoms with Crippen LogP contribution in [0.1, 0.15) is 16.7 Å². The molecule has 0 N–H and O–H groups in total. The van der Waals surface area contributed by atoms with Crippen LogP contribution >= 0.6 is 0 Å². The summed E-state index contributed by atoms with van der Waals surface area (Å²) in [6.07, 6.45) is -4.71. The molecule has 0 atom stereocenters. The fourth-order valence-corrected chi connectivity index (χ4v) is 3.34. The first kappa shape index (κ1) is 18.6. The highest BCUT2D eigenvalue weighted by Crippen LogP contribution is 2.33. The van der Waals surface area contributed by atoms with Gasteiger partial charge in [0.25, 0.3) is 0 Å². The van der Waals surface area contributed by atoms with Crippen LogP contribution in [0.15, 0.2) is 71.5 Å². The molecule has 1 heterocycles. The minimum atomic E-state index is -4.71. The topological polar surface area (TPSA) is 50.7 Å². The van der Waals surface area contributed by atoms with Crippen LogP contribution in [0.3, 0.4) is 0 Å². The van der Waals surface area contributed by atoms with Crippen LogP contribution in [0.4, 0.5) is 13.2 Å². The summed E-state index contributed by atoms with van der Waals surface area (Å²) in [4.78, 5) is 13.3. The number of aromatic nitrogens is 2. The van der Waals surface area contributed by atoms with Crippen molar-refractivity contribution >= 4 is 11.0 Å². The standard InChI is InChI=1S/C22H14F3N3O/c1-14-6-9-16(10-7-14)27-19-4-2-3-5-20(19)28(21(27)29)17-11-8-15(13-26)18(12-17)22(23,24)25/h2-12H,1H3. The van der Waals surface area contributed by atoms with Crippen molar-refractivity contribution in [3.8, 4) is 17.4 Å².